The van der Waals surface area contributed by atoms with E-state index in [9.17, 15) is 18.0 Å². The Bertz CT molecular complexity index is 902. The molecule has 3 rings (SSSR count). The van der Waals surface area contributed by atoms with Gasteiger partial charge in [-0.15, -0.1) is 0 Å². The van der Waals surface area contributed by atoms with Crippen LogP contribution < -0.4 is 11.1 Å². The van der Waals surface area contributed by atoms with Gasteiger partial charge in [0.25, 0.3) is 11.9 Å². The fourth-order valence-corrected chi connectivity index (χ4v) is 2.87. The van der Waals surface area contributed by atoms with Gasteiger partial charge in [0.2, 0.25) is 0 Å². The first-order chi connectivity index (χ1) is 12.8. The van der Waals surface area contributed by atoms with Crippen LogP contribution in [0.25, 0.3) is 0 Å². The predicted octanol–water partition coefficient (Wildman–Crippen LogP) is 3.35. The van der Waals surface area contributed by atoms with Crippen molar-refractivity contribution in [1.29, 1.82) is 0 Å². The number of carbonyl (C=O) groups is 1. The number of nitrogens with zero attached hydrogens (tertiary/aromatic N) is 3. The van der Waals surface area contributed by atoms with Crippen molar-refractivity contribution in [1.82, 2.24) is 9.78 Å². The second-order valence-corrected chi connectivity index (χ2v) is 6.38. The van der Waals surface area contributed by atoms with E-state index in [2.05, 4.69) is 15.4 Å². The molecule has 2 atom stereocenters. The van der Waals surface area contributed by atoms with E-state index in [0.717, 1.165) is 12.3 Å². The van der Waals surface area contributed by atoms with E-state index >= 15 is 0 Å². The van der Waals surface area contributed by atoms with E-state index in [1.807, 2.05) is 6.92 Å². The van der Waals surface area contributed by atoms with Gasteiger partial charge in [0.05, 0.1) is 23.9 Å². The molecule has 1 aromatic heterocycles. The largest absolute Gasteiger partial charge is 0.465 e. The number of aromatic nitrogens is 2. The summed E-state index contributed by atoms with van der Waals surface area (Å²) in [4.78, 5) is 16.4. The Labute approximate surface area is 157 Å². The summed E-state index contributed by atoms with van der Waals surface area (Å²) in [5.41, 5.74) is 5.64. The number of amides is 1. The van der Waals surface area contributed by atoms with E-state index in [4.69, 9.17) is 22.1 Å². The summed E-state index contributed by atoms with van der Waals surface area (Å²) in [6, 6.07) is 3.26. The van der Waals surface area contributed by atoms with Crippen molar-refractivity contribution in [3.05, 3.63) is 46.5 Å². The minimum Gasteiger partial charge on any atom is -0.465 e. The summed E-state index contributed by atoms with van der Waals surface area (Å²) in [5, 5.41) is 5.68. The van der Waals surface area contributed by atoms with Crippen LogP contribution in [0.4, 0.5) is 18.9 Å². The Balaban J connectivity index is 1.86. The number of nitrogens with two attached hydrogens (primary N) is 1. The number of benzene rings is 1. The second kappa shape index (κ2) is 7.47. The number of hydrogen-bond donors (Lipinski definition) is 2. The summed E-state index contributed by atoms with van der Waals surface area (Å²) >= 11 is 5.78. The van der Waals surface area contributed by atoms with Crippen molar-refractivity contribution >= 4 is 29.2 Å². The van der Waals surface area contributed by atoms with Crippen molar-refractivity contribution in [2.75, 3.05) is 11.9 Å². The molecule has 0 spiro atoms. The number of ether oxygens (including phenoxy) is 1. The average Bonchev–Trinajstić information content (AvgIpc) is 3.01. The molecule has 2 aromatic rings. The first-order valence-corrected chi connectivity index (χ1v) is 8.23. The Hall–Kier alpha value is -2.75. The normalized spacial score (nSPS) is 19.6. The molecule has 144 valence electrons. The van der Waals surface area contributed by atoms with Gasteiger partial charge in [-0.25, -0.2) is 14.1 Å². The molecule has 1 aromatic carbocycles. The number of amidine groups is 1. The van der Waals surface area contributed by atoms with Gasteiger partial charge in [-0.3, -0.25) is 4.79 Å². The number of hydrogen-bond acceptors (Lipinski definition) is 5. The minimum atomic E-state index is -2.93. The molecule has 1 aliphatic rings. The van der Waals surface area contributed by atoms with E-state index < -0.39 is 24.3 Å². The minimum absolute atomic E-state index is 0.0451. The van der Waals surface area contributed by atoms with Crippen LogP contribution in [0.3, 0.4) is 0 Å². The summed E-state index contributed by atoms with van der Waals surface area (Å²) < 4.78 is 45.0. The van der Waals surface area contributed by atoms with Gasteiger partial charge in [-0.1, -0.05) is 18.5 Å². The van der Waals surface area contributed by atoms with Crippen molar-refractivity contribution < 1.29 is 22.7 Å². The monoisotopic (exact) mass is 401 g/mol. The zero-order valence-electron chi connectivity index (χ0n) is 14.0. The highest BCUT2D eigenvalue weighted by atomic mass is 35.5. The van der Waals surface area contributed by atoms with Gasteiger partial charge in [0.1, 0.15) is 5.82 Å². The number of anilines is 1. The van der Waals surface area contributed by atoms with Crippen molar-refractivity contribution in [3.63, 3.8) is 0 Å². The Morgan fingerprint density at radius 2 is 2.22 bits per heavy atom. The van der Waals surface area contributed by atoms with Crippen LogP contribution in [0.2, 0.25) is 5.02 Å². The molecule has 0 radical (unpaired) electrons. The molecule has 1 aliphatic heterocycles. The number of rotatable bonds is 4. The lowest BCUT2D eigenvalue weighted by atomic mass is 9.94. The van der Waals surface area contributed by atoms with Crippen molar-refractivity contribution in [2.24, 2.45) is 16.6 Å². The molecule has 2 heterocycles. The van der Waals surface area contributed by atoms with E-state index in [-0.39, 0.29) is 45.2 Å². The van der Waals surface area contributed by atoms with E-state index in [0.29, 0.717) is 0 Å². The van der Waals surface area contributed by atoms with Crippen LogP contribution >= 0.6 is 11.6 Å². The van der Waals surface area contributed by atoms with Gasteiger partial charge in [0, 0.05) is 17.2 Å². The molecule has 0 fully saturated rings. The zero-order chi connectivity index (χ0) is 19.7. The fourth-order valence-electron chi connectivity index (χ4n) is 2.65. The Kier molecular flexibility index (Phi) is 5.26. The van der Waals surface area contributed by atoms with Gasteiger partial charge in [0.15, 0.2) is 5.69 Å². The molecule has 0 bridgehead atoms. The summed E-state index contributed by atoms with van der Waals surface area (Å²) in [6.45, 7) is -0.835. The third-order valence-electron chi connectivity index (χ3n) is 3.97. The van der Waals surface area contributed by atoms with Crippen molar-refractivity contribution in [2.45, 2.75) is 19.5 Å². The molecule has 2 unspecified atom stereocenters. The molecular weight excluding hydrogens is 387 g/mol. The van der Waals surface area contributed by atoms with Crippen LogP contribution in [0.15, 0.2) is 29.4 Å². The van der Waals surface area contributed by atoms with Gasteiger partial charge < -0.3 is 15.8 Å². The van der Waals surface area contributed by atoms with E-state index in [1.54, 1.807) is 0 Å². The second-order valence-electron chi connectivity index (χ2n) is 5.97. The average molecular weight is 402 g/mol. The summed E-state index contributed by atoms with van der Waals surface area (Å²) in [6.07, 6.45) is 0.846. The lowest BCUT2D eigenvalue weighted by Crippen LogP contribution is -2.29. The summed E-state index contributed by atoms with van der Waals surface area (Å²) in [5.74, 6) is -1.47. The molecular formula is C16H15ClF3N5O2. The van der Waals surface area contributed by atoms with E-state index in [1.165, 1.54) is 12.1 Å². The number of halogens is 4. The first-order valence-electron chi connectivity index (χ1n) is 7.86. The highest BCUT2D eigenvalue weighted by Gasteiger charge is 2.27. The molecule has 11 heteroatoms. The highest BCUT2D eigenvalue weighted by molar-refractivity contribution is 6.34. The third-order valence-corrected chi connectivity index (χ3v) is 4.25. The molecule has 27 heavy (non-hydrogen) atoms. The van der Waals surface area contributed by atoms with Crippen LogP contribution in [0, 0.1) is 11.7 Å². The van der Waals surface area contributed by atoms with Gasteiger partial charge in [-0.05, 0) is 18.2 Å². The van der Waals surface area contributed by atoms with Crippen molar-refractivity contribution in [3.8, 4) is 0 Å². The number of carbonyl (C=O) groups excluding carboxylic acids is 1. The van der Waals surface area contributed by atoms with Gasteiger partial charge in [-0.2, -0.15) is 13.9 Å². The number of nitrogens with one attached hydrogen (secondary N) is 1. The lowest BCUT2D eigenvalue weighted by Gasteiger charge is -2.26. The predicted molar refractivity (Wildman–Crippen MR) is 92.3 cm³/mol. The fraction of sp³-hybridized carbons (Fsp3) is 0.312. The van der Waals surface area contributed by atoms with Crippen LogP contribution in [0.5, 0.6) is 0 Å². The topological polar surface area (TPSA) is 94.5 Å². The van der Waals surface area contributed by atoms with Crippen LogP contribution in [0.1, 0.15) is 35.6 Å². The number of aliphatic imine (C=N–C) groups is 1. The molecule has 0 saturated carbocycles. The SMILES string of the molecule is CC1COC(N)=NC1c1cc(NC(=O)c2nn(C(F)F)cc2Cl)ccc1F. The maximum Gasteiger partial charge on any atom is 0.333 e. The lowest BCUT2D eigenvalue weighted by molar-refractivity contribution is 0.0561. The van der Waals surface area contributed by atoms with Crippen LogP contribution in [-0.2, 0) is 4.74 Å². The quantitative estimate of drug-likeness (QED) is 0.821. The molecule has 0 saturated heterocycles. The third kappa shape index (κ3) is 4.00. The Morgan fingerprint density at radius 1 is 1.48 bits per heavy atom. The van der Waals surface area contributed by atoms with Crippen LogP contribution in [-0.4, -0.2) is 28.3 Å². The standard InChI is InChI=1S/C16H15ClF3N5O2/c1-7-6-27-16(21)23-12(7)9-4-8(2-3-11(9)18)22-14(26)13-10(17)5-25(24-13)15(19)20/h2-5,7,12,15H,6H2,1H3,(H2,21,23)(H,22,26). The smallest absolute Gasteiger partial charge is 0.333 e. The molecule has 3 N–H and O–H groups in total. The summed E-state index contributed by atoms with van der Waals surface area (Å²) in [7, 11) is 0. The molecule has 1 amide bonds. The molecule has 0 aliphatic carbocycles. The maximum atomic E-state index is 14.3. The Morgan fingerprint density at radius 3 is 2.89 bits per heavy atom. The first kappa shape index (κ1) is 19.0. The zero-order valence-corrected chi connectivity index (χ0v) is 14.8. The highest BCUT2D eigenvalue weighted by Crippen LogP contribution is 2.32. The maximum absolute atomic E-state index is 14.3. The van der Waals surface area contributed by atoms with Gasteiger partial charge >= 0.3 is 6.55 Å². The number of alkyl halides is 2. The molecule has 7 nitrogen and oxygen atoms in total.